The molecular weight excluding hydrogens is 346 g/mol. The summed E-state index contributed by atoms with van der Waals surface area (Å²) in [6.45, 7) is 0.251. The number of benzene rings is 1. The summed E-state index contributed by atoms with van der Waals surface area (Å²) in [6, 6.07) is 10.0. The summed E-state index contributed by atoms with van der Waals surface area (Å²) in [5.41, 5.74) is 1.60. The highest BCUT2D eigenvalue weighted by atomic mass is 79.9. The van der Waals surface area contributed by atoms with Crippen molar-refractivity contribution in [3.05, 3.63) is 46.7 Å². The Morgan fingerprint density at radius 1 is 1.32 bits per heavy atom. The molecule has 0 atom stereocenters. The predicted octanol–water partition coefficient (Wildman–Crippen LogP) is 4.51. The van der Waals surface area contributed by atoms with Gasteiger partial charge in [0.25, 0.3) is 0 Å². The molecule has 1 N–H and O–H groups in total. The van der Waals surface area contributed by atoms with Gasteiger partial charge in [-0.05, 0) is 34.3 Å². The molecule has 1 aromatic heterocycles. The molecule has 3 rings (SSSR count). The molecule has 0 radical (unpaired) electrons. The van der Waals surface area contributed by atoms with E-state index < -0.39 is 6.09 Å². The maximum Gasteiger partial charge on any atom is 0.412 e. The summed E-state index contributed by atoms with van der Waals surface area (Å²) >= 11 is 3.39. The molecular formula is C16H18BrN3O2. The van der Waals surface area contributed by atoms with Crippen molar-refractivity contribution in [3.63, 3.8) is 0 Å². The lowest BCUT2D eigenvalue weighted by Crippen LogP contribution is -2.13. The molecule has 0 saturated heterocycles. The highest BCUT2D eigenvalue weighted by molar-refractivity contribution is 9.10. The van der Waals surface area contributed by atoms with E-state index in [-0.39, 0.29) is 6.61 Å². The Labute approximate surface area is 137 Å². The number of rotatable bonds is 4. The molecule has 1 aromatic carbocycles. The minimum atomic E-state index is -0.476. The minimum absolute atomic E-state index is 0.251. The maximum absolute atomic E-state index is 11.9. The van der Waals surface area contributed by atoms with Gasteiger partial charge in [-0.3, -0.25) is 10.00 Å². The van der Waals surface area contributed by atoms with Crippen molar-refractivity contribution in [1.82, 2.24) is 9.78 Å². The Balaban J connectivity index is 1.57. The molecule has 2 aromatic rings. The third-order valence-electron chi connectivity index (χ3n) is 3.84. The zero-order valence-electron chi connectivity index (χ0n) is 12.2. The van der Waals surface area contributed by atoms with Gasteiger partial charge in [-0.15, -0.1) is 0 Å². The highest BCUT2D eigenvalue weighted by Gasteiger charge is 2.20. The fraction of sp³-hybridized carbons (Fsp3) is 0.375. The fourth-order valence-electron chi connectivity index (χ4n) is 2.68. The smallest absolute Gasteiger partial charge is 0.412 e. The average Bonchev–Trinajstić information content (AvgIpc) is 3.17. The number of carbonyl (C=O) groups is 1. The van der Waals surface area contributed by atoms with Crippen molar-refractivity contribution in [2.24, 2.45) is 0 Å². The summed E-state index contributed by atoms with van der Waals surface area (Å²) in [4.78, 5) is 11.9. The Morgan fingerprint density at radius 3 is 2.77 bits per heavy atom. The van der Waals surface area contributed by atoms with Gasteiger partial charge in [0, 0.05) is 0 Å². The number of ether oxygens (including phenoxy) is 1. The van der Waals surface area contributed by atoms with Crippen LogP contribution < -0.4 is 5.32 Å². The van der Waals surface area contributed by atoms with Gasteiger partial charge in [0.2, 0.25) is 0 Å². The summed E-state index contributed by atoms with van der Waals surface area (Å²) in [6.07, 6.45) is 6.16. The molecule has 1 aliphatic carbocycles. The molecule has 0 spiro atoms. The Kier molecular flexibility index (Phi) is 4.77. The van der Waals surface area contributed by atoms with Crippen molar-refractivity contribution in [1.29, 1.82) is 0 Å². The summed E-state index contributed by atoms with van der Waals surface area (Å²) in [5, 5.41) is 7.16. The van der Waals surface area contributed by atoms with Gasteiger partial charge < -0.3 is 4.74 Å². The highest BCUT2D eigenvalue weighted by Crippen LogP contribution is 2.31. The van der Waals surface area contributed by atoms with E-state index in [2.05, 4.69) is 26.3 Å². The first kappa shape index (κ1) is 15.1. The lowest BCUT2D eigenvalue weighted by atomic mass is 10.2. The molecule has 1 fully saturated rings. The summed E-state index contributed by atoms with van der Waals surface area (Å²) in [7, 11) is 0. The van der Waals surface area contributed by atoms with E-state index in [1.165, 1.54) is 12.8 Å². The second kappa shape index (κ2) is 6.96. The topological polar surface area (TPSA) is 56.2 Å². The number of halogens is 1. The van der Waals surface area contributed by atoms with E-state index in [0.29, 0.717) is 16.3 Å². The van der Waals surface area contributed by atoms with Crippen LogP contribution in [-0.2, 0) is 11.3 Å². The van der Waals surface area contributed by atoms with Gasteiger partial charge in [0.1, 0.15) is 6.61 Å². The van der Waals surface area contributed by atoms with Gasteiger partial charge in [0.05, 0.1) is 17.9 Å². The van der Waals surface area contributed by atoms with Crippen LogP contribution >= 0.6 is 15.9 Å². The quantitative estimate of drug-likeness (QED) is 0.869. The van der Waals surface area contributed by atoms with Gasteiger partial charge in [0.15, 0.2) is 4.60 Å². The molecule has 0 aliphatic heterocycles. The lowest BCUT2D eigenvalue weighted by Gasteiger charge is -2.08. The number of nitrogens with one attached hydrogen (secondary N) is 1. The van der Waals surface area contributed by atoms with Crippen LogP contribution in [0.4, 0.5) is 10.5 Å². The second-order valence-corrected chi connectivity index (χ2v) is 6.19. The number of carbonyl (C=O) groups excluding carboxylic acids is 1. The first-order valence-corrected chi connectivity index (χ1v) is 8.24. The molecule has 1 aliphatic rings. The molecule has 22 heavy (non-hydrogen) atoms. The van der Waals surface area contributed by atoms with E-state index in [0.717, 1.165) is 18.4 Å². The van der Waals surface area contributed by atoms with Crippen LogP contribution in [0.3, 0.4) is 0 Å². The standard InChI is InChI=1S/C16H18BrN3O2/c17-15-14(10-20(19-15)13-8-4-5-9-13)18-16(21)22-11-12-6-2-1-3-7-12/h1-3,6-7,10,13H,4-5,8-9,11H2,(H,18,21). The molecule has 1 heterocycles. The molecule has 6 heteroatoms. The summed E-state index contributed by atoms with van der Waals surface area (Å²) in [5.74, 6) is 0. The Morgan fingerprint density at radius 2 is 2.05 bits per heavy atom. The number of aromatic nitrogens is 2. The minimum Gasteiger partial charge on any atom is -0.444 e. The van der Waals surface area contributed by atoms with Crippen LogP contribution in [0.25, 0.3) is 0 Å². The van der Waals surface area contributed by atoms with E-state index in [1.54, 1.807) is 0 Å². The van der Waals surface area contributed by atoms with Gasteiger partial charge >= 0.3 is 6.09 Å². The van der Waals surface area contributed by atoms with E-state index in [9.17, 15) is 4.79 Å². The largest absolute Gasteiger partial charge is 0.444 e. The van der Waals surface area contributed by atoms with E-state index in [4.69, 9.17) is 4.74 Å². The van der Waals surface area contributed by atoms with Crippen molar-refractivity contribution < 1.29 is 9.53 Å². The lowest BCUT2D eigenvalue weighted by molar-refractivity contribution is 0.155. The van der Waals surface area contributed by atoms with Crippen LogP contribution in [0.2, 0.25) is 0 Å². The molecule has 5 nitrogen and oxygen atoms in total. The van der Waals surface area contributed by atoms with Crippen LogP contribution in [0.5, 0.6) is 0 Å². The zero-order chi connectivity index (χ0) is 15.4. The third kappa shape index (κ3) is 3.68. The molecule has 116 valence electrons. The van der Waals surface area contributed by atoms with Crippen molar-refractivity contribution in [2.75, 3.05) is 5.32 Å². The van der Waals surface area contributed by atoms with Crippen LogP contribution in [0, 0.1) is 0 Å². The first-order chi connectivity index (χ1) is 10.7. The molecule has 1 amide bonds. The van der Waals surface area contributed by atoms with Crippen LogP contribution in [0.15, 0.2) is 41.1 Å². The fourth-order valence-corrected chi connectivity index (χ4v) is 3.06. The third-order valence-corrected chi connectivity index (χ3v) is 4.42. The SMILES string of the molecule is O=C(Nc1cn(C2CCCC2)nc1Br)OCc1ccccc1. The molecule has 0 bridgehead atoms. The van der Waals surface area contributed by atoms with Gasteiger partial charge in [-0.2, -0.15) is 5.10 Å². The van der Waals surface area contributed by atoms with Crippen molar-refractivity contribution in [3.8, 4) is 0 Å². The van der Waals surface area contributed by atoms with Crippen LogP contribution in [0.1, 0.15) is 37.3 Å². The summed E-state index contributed by atoms with van der Waals surface area (Å²) < 4.78 is 7.78. The number of hydrogen-bond donors (Lipinski definition) is 1. The average molecular weight is 364 g/mol. The monoisotopic (exact) mass is 363 g/mol. The second-order valence-electron chi connectivity index (χ2n) is 5.44. The number of amides is 1. The number of hydrogen-bond acceptors (Lipinski definition) is 3. The normalized spacial score (nSPS) is 15.0. The molecule has 1 saturated carbocycles. The van der Waals surface area contributed by atoms with Gasteiger partial charge in [-0.1, -0.05) is 43.2 Å². The first-order valence-electron chi connectivity index (χ1n) is 7.45. The Hall–Kier alpha value is -1.82. The number of anilines is 1. The van der Waals surface area contributed by atoms with Crippen LogP contribution in [-0.4, -0.2) is 15.9 Å². The van der Waals surface area contributed by atoms with Gasteiger partial charge in [-0.25, -0.2) is 4.79 Å². The van der Waals surface area contributed by atoms with E-state index in [1.807, 2.05) is 41.2 Å². The Bertz CT molecular complexity index is 636. The molecule has 0 unspecified atom stereocenters. The zero-order valence-corrected chi connectivity index (χ0v) is 13.8. The van der Waals surface area contributed by atoms with Crippen molar-refractivity contribution in [2.45, 2.75) is 38.3 Å². The van der Waals surface area contributed by atoms with Crippen molar-refractivity contribution >= 4 is 27.7 Å². The maximum atomic E-state index is 11.9. The number of nitrogens with zero attached hydrogens (tertiary/aromatic N) is 2. The predicted molar refractivity (Wildman–Crippen MR) is 87.7 cm³/mol. The van der Waals surface area contributed by atoms with E-state index >= 15 is 0 Å².